The fraction of sp³-hybridized carbons (Fsp3) is 0. The second kappa shape index (κ2) is 3.54. The van der Waals surface area contributed by atoms with Crippen LogP contribution in [0.25, 0.3) is 0 Å². The van der Waals surface area contributed by atoms with Gasteiger partial charge in [0.1, 0.15) is 5.82 Å². The lowest BCUT2D eigenvalue weighted by molar-refractivity contribution is -0.112. The van der Waals surface area contributed by atoms with Crippen molar-refractivity contribution in [2.45, 2.75) is 0 Å². The number of nitrogens with two attached hydrogens (primary N) is 1. The van der Waals surface area contributed by atoms with Gasteiger partial charge in [0.25, 0.3) is 5.91 Å². The van der Waals surface area contributed by atoms with E-state index in [1.54, 1.807) is 6.07 Å². The molecule has 0 saturated carbocycles. The van der Waals surface area contributed by atoms with Crippen LogP contribution in [-0.4, -0.2) is 5.91 Å². The van der Waals surface area contributed by atoms with Crippen molar-refractivity contribution in [3.8, 4) is 11.8 Å². The zero-order valence-corrected chi connectivity index (χ0v) is 6.17. The van der Waals surface area contributed by atoms with E-state index in [2.05, 4.69) is 11.8 Å². The molecule has 60 valence electrons. The number of amides is 1. The van der Waals surface area contributed by atoms with E-state index in [1.807, 2.05) is 0 Å². The van der Waals surface area contributed by atoms with Crippen LogP contribution in [0.3, 0.4) is 0 Å². The van der Waals surface area contributed by atoms with E-state index < -0.39 is 5.91 Å². The van der Waals surface area contributed by atoms with E-state index in [9.17, 15) is 9.18 Å². The SMILES string of the molecule is NC(=O)C#Cc1cccc(F)c1. The monoisotopic (exact) mass is 163 g/mol. The molecule has 0 radical (unpaired) electrons. The number of carbonyl (C=O) groups is 1. The standard InChI is InChI=1S/C9H6FNO/c10-8-3-1-2-7(6-8)4-5-9(11)12/h1-3,6H,(H2,11,12). The summed E-state index contributed by atoms with van der Waals surface area (Å²) in [4.78, 5) is 10.2. The molecule has 1 amide bonds. The van der Waals surface area contributed by atoms with E-state index in [1.165, 1.54) is 18.2 Å². The maximum absolute atomic E-state index is 12.5. The zero-order chi connectivity index (χ0) is 8.97. The molecule has 1 aromatic carbocycles. The maximum atomic E-state index is 12.5. The first-order valence-corrected chi connectivity index (χ1v) is 3.25. The second-order valence-electron chi connectivity index (χ2n) is 2.12. The predicted molar refractivity (Wildman–Crippen MR) is 42.5 cm³/mol. The molecule has 0 aromatic heterocycles. The van der Waals surface area contributed by atoms with Gasteiger partial charge in [0.05, 0.1) is 0 Å². The van der Waals surface area contributed by atoms with Crippen molar-refractivity contribution in [3.05, 3.63) is 35.6 Å². The molecule has 0 aliphatic rings. The lowest BCUT2D eigenvalue weighted by atomic mass is 10.2. The highest BCUT2D eigenvalue weighted by Gasteiger charge is 1.89. The van der Waals surface area contributed by atoms with Gasteiger partial charge >= 0.3 is 0 Å². The van der Waals surface area contributed by atoms with Crippen molar-refractivity contribution in [2.24, 2.45) is 5.73 Å². The number of carbonyl (C=O) groups excluding carboxylic acids is 1. The summed E-state index contributed by atoms with van der Waals surface area (Å²) in [5, 5.41) is 0. The van der Waals surface area contributed by atoms with E-state index >= 15 is 0 Å². The molecule has 0 bridgehead atoms. The lowest BCUT2D eigenvalue weighted by Gasteiger charge is -1.88. The highest BCUT2D eigenvalue weighted by atomic mass is 19.1. The third-order valence-electron chi connectivity index (χ3n) is 1.15. The molecule has 1 rings (SSSR count). The summed E-state index contributed by atoms with van der Waals surface area (Å²) in [6.45, 7) is 0. The number of rotatable bonds is 0. The van der Waals surface area contributed by atoms with Gasteiger partial charge in [-0.15, -0.1) is 0 Å². The van der Waals surface area contributed by atoms with Gasteiger partial charge < -0.3 is 5.73 Å². The number of hydrogen-bond acceptors (Lipinski definition) is 1. The van der Waals surface area contributed by atoms with Crippen molar-refractivity contribution in [2.75, 3.05) is 0 Å². The topological polar surface area (TPSA) is 43.1 Å². The minimum atomic E-state index is -0.723. The molecule has 0 atom stereocenters. The van der Waals surface area contributed by atoms with E-state index in [0.717, 1.165) is 0 Å². The van der Waals surface area contributed by atoms with Crippen molar-refractivity contribution in [1.82, 2.24) is 0 Å². The first-order valence-electron chi connectivity index (χ1n) is 3.25. The molecule has 1 aromatic rings. The molecule has 0 unspecified atom stereocenters. The molecule has 2 nitrogen and oxygen atoms in total. The number of hydrogen-bond donors (Lipinski definition) is 1. The first-order chi connectivity index (χ1) is 5.68. The molecule has 0 saturated heterocycles. The van der Waals surface area contributed by atoms with Crippen molar-refractivity contribution >= 4 is 5.91 Å². The quantitative estimate of drug-likeness (QED) is 0.561. The highest BCUT2D eigenvalue weighted by molar-refractivity contribution is 5.92. The molecular weight excluding hydrogens is 157 g/mol. The Morgan fingerprint density at radius 3 is 2.83 bits per heavy atom. The van der Waals surface area contributed by atoms with Gasteiger partial charge in [0.15, 0.2) is 0 Å². The fourth-order valence-corrected chi connectivity index (χ4v) is 0.700. The minimum absolute atomic E-state index is 0.383. The molecule has 0 aliphatic carbocycles. The summed E-state index contributed by atoms with van der Waals surface area (Å²) < 4.78 is 12.5. The number of primary amides is 1. The van der Waals surface area contributed by atoms with Gasteiger partial charge in [-0.3, -0.25) is 4.79 Å². The summed E-state index contributed by atoms with van der Waals surface area (Å²) in [6.07, 6.45) is 0. The van der Waals surface area contributed by atoms with Crippen molar-refractivity contribution in [1.29, 1.82) is 0 Å². The molecule has 0 aliphatic heterocycles. The van der Waals surface area contributed by atoms with Gasteiger partial charge in [-0.2, -0.15) is 0 Å². The van der Waals surface area contributed by atoms with Crippen LogP contribution < -0.4 is 5.73 Å². The van der Waals surface area contributed by atoms with Gasteiger partial charge in [-0.25, -0.2) is 4.39 Å². The van der Waals surface area contributed by atoms with Gasteiger partial charge in [-0.1, -0.05) is 12.0 Å². The fourth-order valence-electron chi connectivity index (χ4n) is 0.700. The molecule has 2 N–H and O–H groups in total. The smallest absolute Gasteiger partial charge is 0.293 e. The summed E-state index contributed by atoms with van der Waals surface area (Å²) in [5.41, 5.74) is 5.21. The summed E-state index contributed by atoms with van der Waals surface area (Å²) in [7, 11) is 0. The molecule has 12 heavy (non-hydrogen) atoms. The van der Waals surface area contributed by atoms with Crippen LogP contribution in [0.2, 0.25) is 0 Å². The Balaban J connectivity index is 2.92. The largest absolute Gasteiger partial charge is 0.359 e. The van der Waals surface area contributed by atoms with E-state index in [-0.39, 0.29) is 5.82 Å². The Morgan fingerprint density at radius 1 is 1.50 bits per heavy atom. The Labute approximate surface area is 69.2 Å². The molecule has 0 heterocycles. The summed E-state index contributed by atoms with van der Waals surface area (Å²) in [5.74, 6) is 3.43. The van der Waals surface area contributed by atoms with Crippen LogP contribution >= 0.6 is 0 Å². The maximum Gasteiger partial charge on any atom is 0.293 e. The third kappa shape index (κ3) is 2.43. The Kier molecular flexibility index (Phi) is 2.44. The first kappa shape index (κ1) is 8.28. The van der Waals surface area contributed by atoms with Gasteiger partial charge in [-0.05, 0) is 24.1 Å². The minimum Gasteiger partial charge on any atom is -0.359 e. The average Bonchev–Trinajstić information content (AvgIpc) is 2.01. The van der Waals surface area contributed by atoms with Gasteiger partial charge in [0, 0.05) is 5.56 Å². The molecular formula is C9H6FNO. The van der Waals surface area contributed by atoms with Crippen LogP contribution in [-0.2, 0) is 4.79 Å². The predicted octanol–water partition coefficient (Wildman–Crippen LogP) is 0.663. The highest BCUT2D eigenvalue weighted by Crippen LogP contribution is 2.00. The van der Waals surface area contributed by atoms with E-state index in [0.29, 0.717) is 5.56 Å². The zero-order valence-electron chi connectivity index (χ0n) is 6.17. The van der Waals surface area contributed by atoms with Crippen LogP contribution in [0.1, 0.15) is 5.56 Å². The summed E-state index contributed by atoms with van der Waals surface area (Å²) in [6, 6.07) is 5.64. The molecule has 0 fully saturated rings. The Bertz CT molecular complexity index is 362. The summed E-state index contributed by atoms with van der Waals surface area (Å²) >= 11 is 0. The molecule has 0 spiro atoms. The van der Waals surface area contributed by atoms with E-state index in [4.69, 9.17) is 5.73 Å². The van der Waals surface area contributed by atoms with Crippen molar-refractivity contribution in [3.63, 3.8) is 0 Å². The van der Waals surface area contributed by atoms with Crippen LogP contribution in [0.5, 0.6) is 0 Å². The molecule has 3 heteroatoms. The third-order valence-corrected chi connectivity index (χ3v) is 1.15. The van der Waals surface area contributed by atoms with Crippen LogP contribution in [0.15, 0.2) is 24.3 Å². The normalized spacial score (nSPS) is 8.42. The number of benzene rings is 1. The lowest BCUT2D eigenvalue weighted by Crippen LogP contribution is -2.06. The van der Waals surface area contributed by atoms with Crippen molar-refractivity contribution < 1.29 is 9.18 Å². The average molecular weight is 163 g/mol. The van der Waals surface area contributed by atoms with Crippen LogP contribution in [0.4, 0.5) is 4.39 Å². The second-order valence-corrected chi connectivity index (χ2v) is 2.12. The Hall–Kier alpha value is -1.82. The van der Waals surface area contributed by atoms with Crippen LogP contribution in [0, 0.1) is 17.7 Å². The Morgan fingerprint density at radius 2 is 2.25 bits per heavy atom. The number of halogens is 1. The van der Waals surface area contributed by atoms with Gasteiger partial charge in [0.2, 0.25) is 0 Å².